The van der Waals surface area contributed by atoms with Gasteiger partial charge in [-0.25, -0.2) is 13.6 Å². The summed E-state index contributed by atoms with van der Waals surface area (Å²) in [5.74, 6) is -1.10. The van der Waals surface area contributed by atoms with Crippen molar-refractivity contribution in [2.45, 2.75) is 18.9 Å². The lowest BCUT2D eigenvalue weighted by molar-refractivity contribution is -0.121. The summed E-state index contributed by atoms with van der Waals surface area (Å²) in [6.07, 6.45) is 1.19. The van der Waals surface area contributed by atoms with Crippen molar-refractivity contribution in [1.29, 1.82) is 0 Å². The van der Waals surface area contributed by atoms with Crippen molar-refractivity contribution >= 4 is 23.3 Å². The van der Waals surface area contributed by atoms with Crippen LogP contribution in [-0.4, -0.2) is 24.5 Å². The second-order valence-electron chi connectivity index (χ2n) is 7.29. The van der Waals surface area contributed by atoms with Gasteiger partial charge in [0.25, 0.3) is 0 Å². The number of benzene rings is 3. The molecule has 1 saturated heterocycles. The largest absolute Gasteiger partial charge is 0.326 e. The molecule has 3 amide bonds. The maximum absolute atomic E-state index is 14.0. The average molecular weight is 421 g/mol. The van der Waals surface area contributed by atoms with Crippen LogP contribution in [0.25, 0.3) is 11.1 Å². The van der Waals surface area contributed by atoms with E-state index >= 15 is 0 Å². The molecule has 1 heterocycles. The van der Waals surface area contributed by atoms with E-state index in [1.165, 1.54) is 24.3 Å². The molecule has 1 fully saturated rings. The number of hydrogen-bond acceptors (Lipinski definition) is 2. The van der Waals surface area contributed by atoms with Crippen molar-refractivity contribution < 1.29 is 18.4 Å². The second kappa shape index (κ2) is 8.95. The number of nitrogens with one attached hydrogen (secondary N) is 2. The number of amides is 3. The molecule has 0 aliphatic carbocycles. The van der Waals surface area contributed by atoms with E-state index in [0.717, 1.165) is 0 Å². The van der Waals surface area contributed by atoms with Gasteiger partial charge in [-0.1, -0.05) is 42.5 Å². The zero-order valence-electron chi connectivity index (χ0n) is 16.6. The molecule has 0 unspecified atom stereocenters. The Morgan fingerprint density at radius 2 is 1.58 bits per heavy atom. The number of nitrogens with zero attached hydrogens (tertiary/aromatic N) is 1. The summed E-state index contributed by atoms with van der Waals surface area (Å²) in [6.45, 7) is 0.519. The fraction of sp³-hybridized carbons (Fsp3) is 0.167. The van der Waals surface area contributed by atoms with E-state index in [9.17, 15) is 18.4 Å². The van der Waals surface area contributed by atoms with E-state index in [0.29, 0.717) is 36.2 Å². The highest BCUT2D eigenvalue weighted by atomic mass is 19.1. The van der Waals surface area contributed by atoms with Gasteiger partial charge < -0.3 is 15.5 Å². The van der Waals surface area contributed by atoms with Crippen LogP contribution in [0.3, 0.4) is 0 Å². The molecule has 1 atom stereocenters. The standard InChI is InChI=1S/C24H21F2N3O2/c25-19-7-2-1-6-18(19)16-11-13-17(14-12-16)29-15-5-10-22(23(29)30)28-24(31)27-21-9-4-3-8-20(21)26/h1-4,6-9,11-14,22H,5,10,15H2,(H2,27,28,31)/t22-/m1/s1. The molecule has 1 aliphatic rings. The third kappa shape index (κ3) is 4.55. The SMILES string of the molecule is O=C(Nc1ccccc1F)N[C@@H]1CCCN(c2ccc(-c3ccccc3F)cc2)C1=O. The minimum absolute atomic E-state index is 0.0452. The van der Waals surface area contributed by atoms with E-state index in [1.54, 1.807) is 53.4 Å². The maximum Gasteiger partial charge on any atom is 0.319 e. The third-order valence-corrected chi connectivity index (χ3v) is 5.23. The minimum Gasteiger partial charge on any atom is -0.326 e. The molecule has 158 valence electrons. The first-order chi connectivity index (χ1) is 15.0. The summed E-state index contributed by atoms with van der Waals surface area (Å²) in [7, 11) is 0. The molecule has 0 bridgehead atoms. The topological polar surface area (TPSA) is 61.4 Å². The van der Waals surface area contributed by atoms with Gasteiger partial charge in [0.05, 0.1) is 5.69 Å². The molecule has 0 radical (unpaired) electrons. The molecular formula is C24H21F2N3O2. The van der Waals surface area contributed by atoms with Crippen LogP contribution in [0.2, 0.25) is 0 Å². The van der Waals surface area contributed by atoms with Crippen LogP contribution in [0.4, 0.5) is 25.0 Å². The molecule has 0 spiro atoms. The van der Waals surface area contributed by atoms with Crippen LogP contribution >= 0.6 is 0 Å². The summed E-state index contributed by atoms with van der Waals surface area (Å²) < 4.78 is 27.7. The Balaban J connectivity index is 1.44. The van der Waals surface area contributed by atoms with Crippen LogP contribution in [0.1, 0.15) is 12.8 Å². The molecule has 3 aromatic rings. The Morgan fingerprint density at radius 1 is 0.903 bits per heavy atom. The highest BCUT2D eigenvalue weighted by Gasteiger charge is 2.31. The van der Waals surface area contributed by atoms with Crippen LogP contribution in [0.15, 0.2) is 72.8 Å². The summed E-state index contributed by atoms with van der Waals surface area (Å²) in [5.41, 5.74) is 1.92. The molecular weight excluding hydrogens is 400 g/mol. The number of carbonyl (C=O) groups is 2. The molecule has 3 aromatic carbocycles. The van der Waals surface area contributed by atoms with Crippen molar-refractivity contribution in [3.8, 4) is 11.1 Å². The first-order valence-corrected chi connectivity index (χ1v) is 10.0. The smallest absolute Gasteiger partial charge is 0.319 e. The van der Waals surface area contributed by atoms with Crippen molar-refractivity contribution in [2.24, 2.45) is 0 Å². The number of hydrogen-bond donors (Lipinski definition) is 2. The van der Waals surface area contributed by atoms with Crippen LogP contribution in [0, 0.1) is 11.6 Å². The molecule has 1 aliphatic heterocycles. The number of para-hydroxylation sites is 1. The van der Waals surface area contributed by atoms with Crippen LogP contribution in [0.5, 0.6) is 0 Å². The van der Waals surface area contributed by atoms with Gasteiger partial charge in [0.15, 0.2) is 0 Å². The quantitative estimate of drug-likeness (QED) is 0.626. The first kappa shape index (κ1) is 20.5. The molecule has 7 heteroatoms. The van der Waals surface area contributed by atoms with Crippen molar-refractivity contribution in [1.82, 2.24) is 5.32 Å². The van der Waals surface area contributed by atoms with Gasteiger partial charge in [-0.2, -0.15) is 0 Å². The predicted molar refractivity (Wildman–Crippen MR) is 116 cm³/mol. The molecule has 0 aromatic heterocycles. The van der Waals surface area contributed by atoms with Gasteiger partial charge in [0.2, 0.25) is 5.91 Å². The number of halogens is 2. The normalized spacial score (nSPS) is 16.1. The van der Waals surface area contributed by atoms with Crippen LogP contribution < -0.4 is 15.5 Å². The number of anilines is 2. The summed E-state index contributed by atoms with van der Waals surface area (Å²) in [5, 5.41) is 5.06. The first-order valence-electron chi connectivity index (χ1n) is 10.0. The van der Waals surface area contributed by atoms with Crippen molar-refractivity contribution in [2.75, 3.05) is 16.8 Å². The van der Waals surface area contributed by atoms with Gasteiger partial charge in [0, 0.05) is 17.8 Å². The molecule has 2 N–H and O–H groups in total. The zero-order chi connectivity index (χ0) is 21.8. The van der Waals surface area contributed by atoms with Gasteiger partial charge >= 0.3 is 6.03 Å². The third-order valence-electron chi connectivity index (χ3n) is 5.23. The van der Waals surface area contributed by atoms with Gasteiger partial charge in [-0.15, -0.1) is 0 Å². The Kier molecular flexibility index (Phi) is 5.93. The zero-order valence-corrected chi connectivity index (χ0v) is 16.6. The molecule has 4 rings (SSSR count). The Bertz CT molecular complexity index is 1100. The van der Waals surface area contributed by atoms with Gasteiger partial charge in [0.1, 0.15) is 17.7 Å². The lowest BCUT2D eigenvalue weighted by atomic mass is 10.0. The maximum atomic E-state index is 14.0. The van der Waals surface area contributed by atoms with E-state index in [2.05, 4.69) is 10.6 Å². The van der Waals surface area contributed by atoms with Crippen molar-refractivity contribution in [3.63, 3.8) is 0 Å². The molecule has 5 nitrogen and oxygen atoms in total. The van der Waals surface area contributed by atoms with Gasteiger partial charge in [-0.3, -0.25) is 4.79 Å². The Morgan fingerprint density at radius 3 is 2.29 bits per heavy atom. The molecule has 0 saturated carbocycles. The lowest BCUT2D eigenvalue weighted by Crippen LogP contribution is -2.53. The van der Waals surface area contributed by atoms with E-state index in [-0.39, 0.29) is 17.4 Å². The summed E-state index contributed by atoms with van der Waals surface area (Å²) >= 11 is 0. The Labute approximate surface area is 178 Å². The highest BCUT2D eigenvalue weighted by Crippen LogP contribution is 2.27. The average Bonchev–Trinajstić information content (AvgIpc) is 2.77. The summed E-state index contributed by atoms with van der Waals surface area (Å²) in [4.78, 5) is 26.8. The minimum atomic E-state index is -0.716. The van der Waals surface area contributed by atoms with Crippen LogP contribution in [-0.2, 0) is 4.79 Å². The van der Waals surface area contributed by atoms with E-state index < -0.39 is 17.9 Å². The number of rotatable bonds is 4. The fourth-order valence-corrected chi connectivity index (χ4v) is 3.66. The number of piperidine rings is 1. The fourth-order valence-electron chi connectivity index (χ4n) is 3.66. The van der Waals surface area contributed by atoms with Crippen molar-refractivity contribution in [3.05, 3.63) is 84.4 Å². The van der Waals surface area contributed by atoms with E-state index in [1.807, 2.05) is 0 Å². The van der Waals surface area contributed by atoms with Gasteiger partial charge in [-0.05, 0) is 48.7 Å². The second-order valence-corrected chi connectivity index (χ2v) is 7.29. The monoisotopic (exact) mass is 421 g/mol. The number of urea groups is 1. The number of carbonyl (C=O) groups excluding carboxylic acids is 2. The molecule has 31 heavy (non-hydrogen) atoms. The van der Waals surface area contributed by atoms with E-state index in [4.69, 9.17) is 0 Å². The lowest BCUT2D eigenvalue weighted by Gasteiger charge is -2.32. The Hall–Kier alpha value is -3.74. The summed E-state index contributed by atoms with van der Waals surface area (Å²) in [6, 6.07) is 18.0. The highest BCUT2D eigenvalue weighted by molar-refractivity contribution is 6.01. The predicted octanol–water partition coefficient (Wildman–Crippen LogP) is 4.95.